The number of ether oxygens (including phenoxy) is 3. The van der Waals surface area contributed by atoms with Gasteiger partial charge in [0.25, 0.3) is 0 Å². The highest BCUT2D eigenvalue weighted by Crippen LogP contribution is 2.29. The van der Waals surface area contributed by atoms with E-state index in [4.69, 9.17) is 14.2 Å². The van der Waals surface area contributed by atoms with E-state index in [9.17, 15) is 0 Å². The third-order valence-corrected chi connectivity index (χ3v) is 2.12. The Bertz CT molecular complexity index is 282. The van der Waals surface area contributed by atoms with Gasteiger partial charge in [-0.25, -0.2) is 0 Å². The summed E-state index contributed by atoms with van der Waals surface area (Å²) >= 11 is 0. The predicted octanol–water partition coefficient (Wildman–Crippen LogP) is 2.16. The van der Waals surface area contributed by atoms with E-state index >= 15 is 0 Å². The fourth-order valence-corrected chi connectivity index (χ4v) is 1.39. The van der Waals surface area contributed by atoms with Crippen molar-refractivity contribution in [3.8, 4) is 11.5 Å². The fraction of sp³-hybridized carbons (Fsp3) is 0.455. The molecule has 0 saturated carbocycles. The molecule has 0 atom stereocenters. The molecule has 0 aliphatic rings. The second kappa shape index (κ2) is 4.86. The Kier molecular flexibility index (Phi) is 3.77. The summed E-state index contributed by atoms with van der Waals surface area (Å²) in [4.78, 5) is 0. The van der Waals surface area contributed by atoms with Gasteiger partial charge in [-0.05, 0) is 24.6 Å². The molecule has 0 fully saturated rings. The van der Waals surface area contributed by atoms with Crippen LogP contribution >= 0.6 is 0 Å². The molecule has 0 aliphatic heterocycles. The molecule has 1 aromatic carbocycles. The first-order chi connectivity index (χ1) is 6.72. The monoisotopic (exact) mass is 196 g/mol. The van der Waals surface area contributed by atoms with Crippen molar-refractivity contribution in [1.29, 1.82) is 0 Å². The van der Waals surface area contributed by atoms with E-state index in [1.807, 2.05) is 19.1 Å². The van der Waals surface area contributed by atoms with Crippen LogP contribution in [0.3, 0.4) is 0 Å². The summed E-state index contributed by atoms with van der Waals surface area (Å²) in [5, 5.41) is 0. The topological polar surface area (TPSA) is 27.7 Å². The zero-order chi connectivity index (χ0) is 10.6. The summed E-state index contributed by atoms with van der Waals surface area (Å²) in [5.41, 5.74) is 2.06. The molecular weight excluding hydrogens is 180 g/mol. The Labute approximate surface area is 84.6 Å². The standard InChI is InChI=1S/C11H16O3/c1-8-10(13-3)5-9(7-12-2)6-11(8)14-4/h5-6H,7H2,1-4H3. The van der Waals surface area contributed by atoms with Crippen LogP contribution < -0.4 is 9.47 Å². The van der Waals surface area contributed by atoms with Gasteiger partial charge in [-0.2, -0.15) is 0 Å². The molecule has 0 amide bonds. The van der Waals surface area contributed by atoms with E-state index in [-0.39, 0.29) is 0 Å². The van der Waals surface area contributed by atoms with Crippen LogP contribution in [0.4, 0.5) is 0 Å². The molecule has 3 heteroatoms. The van der Waals surface area contributed by atoms with Gasteiger partial charge >= 0.3 is 0 Å². The van der Waals surface area contributed by atoms with Gasteiger partial charge in [0.05, 0.1) is 20.8 Å². The Morgan fingerprint density at radius 3 is 1.86 bits per heavy atom. The molecule has 0 N–H and O–H groups in total. The number of rotatable bonds is 4. The van der Waals surface area contributed by atoms with Crippen LogP contribution in [-0.4, -0.2) is 21.3 Å². The second-order valence-electron chi connectivity index (χ2n) is 3.06. The SMILES string of the molecule is COCc1cc(OC)c(C)c(OC)c1. The quantitative estimate of drug-likeness (QED) is 0.738. The molecule has 1 rings (SSSR count). The van der Waals surface area contributed by atoms with Crippen LogP contribution in [0.2, 0.25) is 0 Å². The lowest BCUT2D eigenvalue weighted by Crippen LogP contribution is -1.96. The number of methoxy groups -OCH3 is 3. The molecular formula is C11H16O3. The highest BCUT2D eigenvalue weighted by atomic mass is 16.5. The molecule has 0 unspecified atom stereocenters. The highest BCUT2D eigenvalue weighted by Gasteiger charge is 2.07. The summed E-state index contributed by atoms with van der Waals surface area (Å²) < 4.78 is 15.5. The fourth-order valence-electron chi connectivity index (χ4n) is 1.39. The Morgan fingerprint density at radius 1 is 1.00 bits per heavy atom. The van der Waals surface area contributed by atoms with Gasteiger partial charge < -0.3 is 14.2 Å². The van der Waals surface area contributed by atoms with E-state index in [0.29, 0.717) is 6.61 Å². The number of hydrogen-bond donors (Lipinski definition) is 0. The van der Waals surface area contributed by atoms with Gasteiger partial charge in [-0.1, -0.05) is 0 Å². The van der Waals surface area contributed by atoms with Gasteiger partial charge in [0.2, 0.25) is 0 Å². The number of hydrogen-bond acceptors (Lipinski definition) is 3. The van der Waals surface area contributed by atoms with Crippen LogP contribution in [0.5, 0.6) is 11.5 Å². The van der Waals surface area contributed by atoms with Gasteiger partial charge in [-0.3, -0.25) is 0 Å². The van der Waals surface area contributed by atoms with Crippen molar-refractivity contribution in [2.45, 2.75) is 13.5 Å². The zero-order valence-corrected chi connectivity index (χ0v) is 9.09. The summed E-state index contributed by atoms with van der Waals surface area (Å²) in [7, 11) is 4.97. The third kappa shape index (κ3) is 2.17. The van der Waals surface area contributed by atoms with Gasteiger partial charge in [0, 0.05) is 12.7 Å². The van der Waals surface area contributed by atoms with Crippen molar-refractivity contribution in [2.24, 2.45) is 0 Å². The molecule has 1 aromatic rings. The molecule has 0 bridgehead atoms. The lowest BCUT2D eigenvalue weighted by molar-refractivity contribution is 0.184. The molecule has 3 nitrogen and oxygen atoms in total. The summed E-state index contributed by atoms with van der Waals surface area (Å²) in [6.07, 6.45) is 0. The van der Waals surface area contributed by atoms with E-state index in [2.05, 4.69) is 0 Å². The molecule has 14 heavy (non-hydrogen) atoms. The normalized spacial score (nSPS) is 10.0. The van der Waals surface area contributed by atoms with Crippen LogP contribution in [0.15, 0.2) is 12.1 Å². The molecule has 0 heterocycles. The van der Waals surface area contributed by atoms with Gasteiger partial charge in [-0.15, -0.1) is 0 Å². The molecule has 0 radical (unpaired) electrons. The average Bonchev–Trinajstić information content (AvgIpc) is 2.20. The Morgan fingerprint density at radius 2 is 1.50 bits per heavy atom. The number of benzene rings is 1. The van der Waals surface area contributed by atoms with Crippen LogP contribution in [-0.2, 0) is 11.3 Å². The van der Waals surface area contributed by atoms with E-state index in [1.165, 1.54) is 0 Å². The Balaban J connectivity index is 3.11. The molecule has 0 aliphatic carbocycles. The average molecular weight is 196 g/mol. The Hall–Kier alpha value is -1.22. The lowest BCUT2D eigenvalue weighted by atomic mass is 10.1. The van der Waals surface area contributed by atoms with Crippen LogP contribution in [0.25, 0.3) is 0 Å². The van der Waals surface area contributed by atoms with Crippen molar-refractivity contribution in [1.82, 2.24) is 0 Å². The van der Waals surface area contributed by atoms with Gasteiger partial charge in [0.1, 0.15) is 11.5 Å². The minimum Gasteiger partial charge on any atom is -0.496 e. The first-order valence-corrected chi connectivity index (χ1v) is 4.43. The predicted molar refractivity (Wildman–Crippen MR) is 55.0 cm³/mol. The van der Waals surface area contributed by atoms with Crippen molar-refractivity contribution >= 4 is 0 Å². The van der Waals surface area contributed by atoms with Crippen molar-refractivity contribution in [3.63, 3.8) is 0 Å². The van der Waals surface area contributed by atoms with Gasteiger partial charge in [0.15, 0.2) is 0 Å². The summed E-state index contributed by atoms with van der Waals surface area (Å²) in [6, 6.07) is 3.92. The summed E-state index contributed by atoms with van der Waals surface area (Å²) in [6.45, 7) is 2.53. The maximum atomic E-state index is 5.24. The first kappa shape index (κ1) is 10.9. The maximum Gasteiger partial charge on any atom is 0.125 e. The van der Waals surface area contributed by atoms with E-state index in [0.717, 1.165) is 22.6 Å². The van der Waals surface area contributed by atoms with E-state index in [1.54, 1.807) is 21.3 Å². The molecule has 0 spiro atoms. The smallest absolute Gasteiger partial charge is 0.125 e. The van der Waals surface area contributed by atoms with E-state index < -0.39 is 0 Å². The van der Waals surface area contributed by atoms with Crippen LogP contribution in [0, 0.1) is 6.92 Å². The largest absolute Gasteiger partial charge is 0.496 e. The second-order valence-corrected chi connectivity index (χ2v) is 3.06. The summed E-state index contributed by atoms with van der Waals surface area (Å²) in [5.74, 6) is 1.66. The zero-order valence-electron chi connectivity index (χ0n) is 9.09. The molecule has 0 saturated heterocycles. The maximum absolute atomic E-state index is 5.24. The van der Waals surface area contributed by atoms with Crippen LogP contribution in [0.1, 0.15) is 11.1 Å². The molecule has 0 aromatic heterocycles. The van der Waals surface area contributed by atoms with Crippen molar-refractivity contribution in [3.05, 3.63) is 23.3 Å². The highest BCUT2D eigenvalue weighted by molar-refractivity contribution is 5.47. The third-order valence-electron chi connectivity index (χ3n) is 2.12. The van der Waals surface area contributed by atoms with Crippen molar-refractivity contribution < 1.29 is 14.2 Å². The first-order valence-electron chi connectivity index (χ1n) is 4.43. The van der Waals surface area contributed by atoms with Crippen molar-refractivity contribution in [2.75, 3.05) is 21.3 Å². The minimum atomic E-state index is 0.563. The minimum absolute atomic E-state index is 0.563. The molecule has 78 valence electrons. The lowest BCUT2D eigenvalue weighted by Gasteiger charge is -2.12.